The second-order valence-corrected chi connectivity index (χ2v) is 5.42. The number of likely N-dealkylation sites (N-methyl/N-ethyl adjacent to an activating group) is 1. The van der Waals surface area contributed by atoms with Gasteiger partial charge in [-0.15, -0.1) is 0 Å². The van der Waals surface area contributed by atoms with Crippen LogP contribution in [0, 0.1) is 0 Å². The minimum Gasteiger partial charge on any atom is -0.342 e. The number of nitrogens with zero attached hydrogens (tertiary/aromatic N) is 3. The van der Waals surface area contributed by atoms with Gasteiger partial charge in [-0.05, 0) is 26.7 Å². The highest BCUT2D eigenvalue weighted by Crippen LogP contribution is 2.46. The molecule has 1 aromatic rings. The summed E-state index contributed by atoms with van der Waals surface area (Å²) >= 11 is 5.85. The fraction of sp³-hybridized carbons (Fsp3) is 0.692. The largest absolute Gasteiger partial charge is 0.436 e. The maximum Gasteiger partial charge on any atom is 0.436 e. The maximum absolute atomic E-state index is 12.9. The van der Waals surface area contributed by atoms with Crippen LogP contribution in [0.3, 0.4) is 0 Å². The monoisotopic (exact) mass is 323 g/mol. The molecule has 21 heavy (non-hydrogen) atoms. The van der Waals surface area contributed by atoms with Crippen LogP contribution in [0.2, 0.25) is 5.02 Å². The van der Waals surface area contributed by atoms with Gasteiger partial charge in [-0.1, -0.05) is 11.6 Å². The SMILES string of the molecule is CCN(CC)C(=O)Cn1nc(C(F)(F)F)c(Cl)c1C1CC1. The van der Waals surface area contributed by atoms with E-state index in [0.29, 0.717) is 18.8 Å². The zero-order valence-electron chi connectivity index (χ0n) is 11.9. The molecule has 0 bridgehead atoms. The topological polar surface area (TPSA) is 38.1 Å². The van der Waals surface area contributed by atoms with Gasteiger partial charge < -0.3 is 4.90 Å². The lowest BCUT2D eigenvalue weighted by atomic mass is 10.2. The lowest BCUT2D eigenvalue weighted by Gasteiger charge is -2.19. The Hall–Kier alpha value is -1.24. The van der Waals surface area contributed by atoms with Gasteiger partial charge in [0.2, 0.25) is 5.91 Å². The number of hydrogen-bond donors (Lipinski definition) is 0. The average Bonchev–Trinajstić information content (AvgIpc) is 3.15. The van der Waals surface area contributed by atoms with Gasteiger partial charge in [0.15, 0.2) is 5.69 Å². The third kappa shape index (κ3) is 3.33. The van der Waals surface area contributed by atoms with Gasteiger partial charge in [0, 0.05) is 19.0 Å². The Kier molecular flexibility index (Phi) is 4.51. The molecule has 0 spiro atoms. The highest BCUT2D eigenvalue weighted by atomic mass is 35.5. The van der Waals surface area contributed by atoms with Crippen molar-refractivity contribution in [1.82, 2.24) is 14.7 Å². The summed E-state index contributed by atoms with van der Waals surface area (Å²) in [5.74, 6) is -0.277. The Bertz CT molecular complexity index is 533. The van der Waals surface area contributed by atoms with E-state index in [1.165, 1.54) is 0 Å². The number of rotatable bonds is 5. The second-order valence-electron chi connectivity index (χ2n) is 5.04. The summed E-state index contributed by atoms with van der Waals surface area (Å²) in [4.78, 5) is 13.6. The molecular weight excluding hydrogens is 307 g/mol. The van der Waals surface area contributed by atoms with Gasteiger partial charge in [0.25, 0.3) is 0 Å². The van der Waals surface area contributed by atoms with Gasteiger partial charge in [-0.2, -0.15) is 18.3 Å². The molecule has 1 saturated carbocycles. The first-order valence-corrected chi connectivity index (χ1v) is 7.28. The van der Waals surface area contributed by atoms with Crippen LogP contribution < -0.4 is 0 Å². The van der Waals surface area contributed by atoms with E-state index >= 15 is 0 Å². The number of amides is 1. The van der Waals surface area contributed by atoms with Crippen LogP contribution in [0.1, 0.15) is 44.0 Å². The lowest BCUT2D eigenvalue weighted by Crippen LogP contribution is -2.34. The second kappa shape index (κ2) is 5.87. The molecule has 0 radical (unpaired) electrons. The summed E-state index contributed by atoms with van der Waals surface area (Å²) < 4.78 is 39.8. The van der Waals surface area contributed by atoms with Gasteiger partial charge in [0.05, 0.1) is 10.7 Å². The van der Waals surface area contributed by atoms with Gasteiger partial charge in [-0.3, -0.25) is 9.48 Å². The van der Waals surface area contributed by atoms with Gasteiger partial charge in [0.1, 0.15) is 6.54 Å². The predicted molar refractivity (Wildman–Crippen MR) is 72.1 cm³/mol. The van der Waals surface area contributed by atoms with E-state index in [1.54, 1.807) is 4.90 Å². The molecule has 8 heteroatoms. The van der Waals surface area contributed by atoms with Crippen LogP contribution in [0.15, 0.2) is 0 Å². The molecule has 1 aliphatic carbocycles. The average molecular weight is 324 g/mol. The van der Waals surface area contributed by atoms with Crippen LogP contribution in [-0.2, 0) is 17.5 Å². The molecule has 0 atom stereocenters. The summed E-state index contributed by atoms with van der Waals surface area (Å²) in [6.45, 7) is 4.45. The van der Waals surface area contributed by atoms with E-state index in [9.17, 15) is 18.0 Å². The first-order valence-electron chi connectivity index (χ1n) is 6.90. The van der Waals surface area contributed by atoms with E-state index in [-0.39, 0.29) is 23.4 Å². The maximum atomic E-state index is 12.9. The van der Waals surface area contributed by atoms with Crippen molar-refractivity contribution in [3.63, 3.8) is 0 Å². The minimum absolute atomic E-state index is 0.0226. The fourth-order valence-corrected chi connectivity index (χ4v) is 2.70. The van der Waals surface area contributed by atoms with Gasteiger partial charge in [-0.25, -0.2) is 0 Å². The molecule has 0 saturated heterocycles. The molecule has 0 aliphatic heterocycles. The zero-order chi connectivity index (χ0) is 15.8. The van der Waals surface area contributed by atoms with E-state index in [1.807, 2.05) is 13.8 Å². The number of aromatic nitrogens is 2. The van der Waals surface area contributed by atoms with Crippen molar-refractivity contribution in [3.05, 3.63) is 16.4 Å². The van der Waals surface area contributed by atoms with Crippen LogP contribution in [0.25, 0.3) is 0 Å². The lowest BCUT2D eigenvalue weighted by molar-refractivity contribution is -0.142. The van der Waals surface area contributed by atoms with Crippen molar-refractivity contribution < 1.29 is 18.0 Å². The summed E-state index contributed by atoms with van der Waals surface area (Å²) in [7, 11) is 0. The molecule has 1 fully saturated rings. The molecule has 1 amide bonds. The summed E-state index contributed by atoms with van der Waals surface area (Å²) in [5, 5.41) is 3.18. The summed E-state index contributed by atoms with van der Waals surface area (Å²) in [5.41, 5.74) is -0.761. The van der Waals surface area contributed by atoms with Crippen molar-refractivity contribution in [2.45, 2.75) is 45.3 Å². The Morgan fingerprint density at radius 1 is 1.38 bits per heavy atom. The van der Waals surface area contributed by atoms with Crippen LogP contribution in [-0.4, -0.2) is 33.7 Å². The van der Waals surface area contributed by atoms with Gasteiger partial charge >= 0.3 is 6.18 Å². The van der Waals surface area contributed by atoms with E-state index in [2.05, 4.69) is 5.10 Å². The number of alkyl halides is 3. The molecule has 1 aliphatic rings. The molecule has 0 aromatic carbocycles. The van der Waals surface area contributed by atoms with E-state index < -0.39 is 11.9 Å². The Labute approximate surface area is 125 Å². The van der Waals surface area contributed by atoms with Crippen molar-refractivity contribution >= 4 is 17.5 Å². The number of carbonyl (C=O) groups is 1. The fourth-order valence-electron chi connectivity index (χ4n) is 2.31. The highest BCUT2D eigenvalue weighted by Gasteiger charge is 2.42. The molecule has 1 heterocycles. The Morgan fingerprint density at radius 2 is 1.95 bits per heavy atom. The molecule has 0 unspecified atom stereocenters. The minimum atomic E-state index is -4.61. The van der Waals surface area contributed by atoms with Crippen molar-refractivity contribution in [3.8, 4) is 0 Å². The van der Waals surface area contributed by atoms with E-state index in [0.717, 1.165) is 17.5 Å². The standard InChI is InChI=1S/C13H17ClF3N3O/c1-3-19(4-2)9(21)7-20-11(8-5-6-8)10(14)12(18-20)13(15,16)17/h8H,3-7H2,1-2H3. The molecule has 1 aromatic heterocycles. The first-order chi connectivity index (χ1) is 9.79. The highest BCUT2D eigenvalue weighted by molar-refractivity contribution is 6.32. The van der Waals surface area contributed by atoms with Crippen LogP contribution in [0.5, 0.6) is 0 Å². The van der Waals surface area contributed by atoms with Crippen molar-refractivity contribution in [1.29, 1.82) is 0 Å². The van der Waals surface area contributed by atoms with E-state index in [4.69, 9.17) is 11.6 Å². The molecule has 2 rings (SSSR count). The first kappa shape index (κ1) is 16.1. The predicted octanol–water partition coefficient (Wildman–Crippen LogP) is 3.30. The molecule has 4 nitrogen and oxygen atoms in total. The van der Waals surface area contributed by atoms with Crippen molar-refractivity contribution in [2.24, 2.45) is 0 Å². The molecular formula is C13H17ClF3N3O. The number of halogens is 4. The smallest absolute Gasteiger partial charge is 0.342 e. The third-order valence-electron chi connectivity index (χ3n) is 3.57. The number of hydrogen-bond acceptors (Lipinski definition) is 2. The summed E-state index contributed by atoms with van der Waals surface area (Å²) in [6, 6.07) is 0. The van der Waals surface area contributed by atoms with Crippen molar-refractivity contribution in [2.75, 3.05) is 13.1 Å². The third-order valence-corrected chi connectivity index (χ3v) is 3.94. The molecule has 118 valence electrons. The Balaban J connectivity index is 2.32. The molecule has 0 N–H and O–H groups in total. The Morgan fingerprint density at radius 3 is 2.38 bits per heavy atom. The van der Waals surface area contributed by atoms with Crippen LogP contribution >= 0.6 is 11.6 Å². The van der Waals surface area contributed by atoms with Crippen LogP contribution in [0.4, 0.5) is 13.2 Å². The summed E-state index contributed by atoms with van der Waals surface area (Å²) in [6.07, 6.45) is -3.05. The number of carbonyl (C=O) groups excluding carboxylic acids is 1. The quantitative estimate of drug-likeness (QED) is 0.834. The zero-order valence-corrected chi connectivity index (χ0v) is 12.6. The normalized spacial score (nSPS) is 15.3.